The van der Waals surface area contributed by atoms with Crippen molar-refractivity contribution in [1.82, 2.24) is 0 Å². The minimum absolute atomic E-state index is 0.0875. The van der Waals surface area contributed by atoms with E-state index < -0.39 is 5.82 Å². The SMILES string of the molecule is CC1=C(c2ccc(F)c(Cl)c2)COc2ccc(O)cc21. The van der Waals surface area contributed by atoms with E-state index in [1.807, 2.05) is 6.92 Å². The zero-order valence-electron chi connectivity index (χ0n) is 10.8. The van der Waals surface area contributed by atoms with Crippen LogP contribution in [-0.4, -0.2) is 11.7 Å². The van der Waals surface area contributed by atoms with Crippen molar-refractivity contribution in [2.75, 3.05) is 6.61 Å². The average Bonchev–Trinajstić information content (AvgIpc) is 2.43. The fraction of sp³-hybridized carbons (Fsp3) is 0.125. The van der Waals surface area contributed by atoms with Crippen molar-refractivity contribution >= 4 is 22.7 Å². The largest absolute Gasteiger partial charge is 0.508 e. The molecule has 0 saturated heterocycles. The van der Waals surface area contributed by atoms with Crippen LogP contribution in [0, 0.1) is 5.82 Å². The molecule has 4 heteroatoms. The zero-order chi connectivity index (χ0) is 14.3. The lowest BCUT2D eigenvalue weighted by Gasteiger charge is -2.22. The number of benzene rings is 2. The molecule has 2 nitrogen and oxygen atoms in total. The standard InChI is InChI=1S/C16H12ClFO2/c1-9-12-7-11(19)3-5-16(12)20-8-13(9)10-2-4-15(18)14(17)6-10/h2-7,19H,8H2,1H3. The first-order chi connectivity index (χ1) is 9.56. The Bertz CT molecular complexity index is 722. The maximum absolute atomic E-state index is 13.2. The van der Waals surface area contributed by atoms with Gasteiger partial charge in [-0.15, -0.1) is 0 Å². The Morgan fingerprint density at radius 1 is 1.20 bits per heavy atom. The highest BCUT2D eigenvalue weighted by Crippen LogP contribution is 2.38. The van der Waals surface area contributed by atoms with Gasteiger partial charge < -0.3 is 9.84 Å². The van der Waals surface area contributed by atoms with Crippen molar-refractivity contribution in [3.05, 3.63) is 58.4 Å². The van der Waals surface area contributed by atoms with Gasteiger partial charge in [-0.05, 0) is 48.4 Å². The minimum atomic E-state index is -0.441. The van der Waals surface area contributed by atoms with Gasteiger partial charge in [0.15, 0.2) is 0 Å². The predicted molar refractivity (Wildman–Crippen MR) is 77.5 cm³/mol. The molecule has 0 spiro atoms. The monoisotopic (exact) mass is 290 g/mol. The first-order valence-corrected chi connectivity index (χ1v) is 6.55. The van der Waals surface area contributed by atoms with Gasteiger partial charge in [-0.1, -0.05) is 17.7 Å². The van der Waals surface area contributed by atoms with Crippen LogP contribution in [0.1, 0.15) is 18.1 Å². The summed E-state index contributed by atoms with van der Waals surface area (Å²) < 4.78 is 18.9. The van der Waals surface area contributed by atoms with E-state index in [0.29, 0.717) is 6.61 Å². The molecule has 0 bridgehead atoms. The summed E-state index contributed by atoms with van der Waals surface area (Å²) >= 11 is 5.83. The van der Waals surface area contributed by atoms with Gasteiger partial charge in [-0.3, -0.25) is 0 Å². The molecule has 3 rings (SSSR count). The van der Waals surface area contributed by atoms with Crippen molar-refractivity contribution in [3.8, 4) is 11.5 Å². The van der Waals surface area contributed by atoms with E-state index in [9.17, 15) is 9.50 Å². The van der Waals surface area contributed by atoms with Crippen LogP contribution in [0.3, 0.4) is 0 Å². The van der Waals surface area contributed by atoms with Gasteiger partial charge in [-0.2, -0.15) is 0 Å². The molecule has 0 atom stereocenters. The molecule has 0 aliphatic carbocycles. The van der Waals surface area contributed by atoms with Gasteiger partial charge in [0, 0.05) is 11.1 Å². The molecular formula is C16H12ClFO2. The summed E-state index contributed by atoms with van der Waals surface area (Å²) in [4.78, 5) is 0. The van der Waals surface area contributed by atoms with Crippen LogP contribution in [-0.2, 0) is 0 Å². The Morgan fingerprint density at radius 2 is 2.00 bits per heavy atom. The van der Waals surface area contributed by atoms with E-state index in [2.05, 4.69) is 0 Å². The van der Waals surface area contributed by atoms with Crippen LogP contribution in [0.4, 0.5) is 4.39 Å². The molecular weight excluding hydrogens is 279 g/mol. The molecule has 2 aromatic carbocycles. The lowest BCUT2D eigenvalue weighted by molar-refractivity contribution is 0.363. The molecule has 20 heavy (non-hydrogen) atoms. The number of phenolic OH excluding ortho intramolecular Hbond substituents is 1. The van der Waals surface area contributed by atoms with E-state index in [4.69, 9.17) is 16.3 Å². The predicted octanol–water partition coefficient (Wildman–Crippen LogP) is 4.51. The van der Waals surface area contributed by atoms with Crippen molar-refractivity contribution in [2.24, 2.45) is 0 Å². The van der Waals surface area contributed by atoms with Crippen LogP contribution in [0.5, 0.6) is 11.5 Å². The van der Waals surface area contributed by atoms with Crippen molar-refractivity contribution in [2.45, 2.75) is 6.92 Å². The molecule has 0 fully saturated rings. The highest BCUT2D eigenvalue weighted by atomic mass is 35.5. The topological polar surface area (TPSA) is 29.5 Å². The minimum Gasteiger partial charge on any atom is -0.508 e. The third-order valence-corrected chi connectivity index (χ3v) is 3.75. The summed E-state index contributed by atoms with van der Waals surface area (Å²) in [7, 11) is 0. The maximum atomic E-state index is 13.2. The Hall–Kier alpha value is -2.00. The molecule has 0 aromatic heterocycles. The molecule has 0 amide bonds. The molecule has 102 valence electrons. The number of fused-ring (bicyclic) bond motifs is 1. The third kappa shape index (κ3) is 2.14. The average molecular weight is 291 g/mol. The van der Waals surface area contributed by atoms with Crippen LogP contribution in [0.2, 0.25) is 5.02 Å². The number of aromatic hydroxyl groups is 1. The number of rotatable bonds is 1. The third-order valence-electron chi connectivity index (χ3n) is 3.46. The lowest BCUT2D eigenvalue weighted by atomic mass is 9.93. The number of hydrogen-bond donors (Lipinski definition) is 1. The van der Waals surface area contributed by atoms with Gasteiger partial charge in [0.25, 0.3) is 0 Å². The number of halogens is 2. The summed E-state index contributed by atoms with van der Waals surface area (Å²) in [5, 5.41) is 9.68. The Labute approximate surface area is 121 Å². The Balaban J connectivity index is 2.14. The fourth-order valence-electron chi connectivity index (χ4n) is 2.34. The van der Waals surface area contributed by atoms with Gasteiger partial charge >= 0.3 is 0 Å². The van der Waals surface area contributed by atoms with Crippen LogP contribution >= 0.6 is 11.6 Å². The maximum Gasteiger partial charge on any atom is 0.141 e. The zero-order valence-corrected chi connectivity index (χ0v) is 11.5. The second-order valence-electron chi connectivity index (χ2n) is 4.70. The smallest absolute Gasteiger partial charge is 0.141 e. The Morgan fingerprint density at radius 3 is 2.75 bits per heavy atom. The van der Waals surface area contributed by atoms with Gasteiger partial charge in [-0.25, -0.2) is 4.39 Å². The lowest BCUT2D eigenvalue weighted by Crippen LogP contribution is -2.09. The van der Waals surface area contributed by atoms with Crippen molar-refractivity contribution in [1.29, 1.82) is 0 Å². The van der Waals surface area contributed by atoms with Gasteiger partial charge in [0.2, 0.25) is 0 Å². The number of hydrogen-bond acceptors (Lipinski definition) is 2. The highest BCUT2D eigenvalue weighted by Gasteiger charge is 2.19. The number of allylic oxidation sites excluding steroid dienone is 1. The second kappa shape index (κ2) is 4.84. The Kier molecular flexibility index (Phi) is 3.14. The number of phenols is 1. The second-order valence-corrected chi connectivity index (χ2v) is 5.11. The van der Waals surface area contributed by atoms with Gasteiger partial charge in [0.05, 0.1) is 5.02 Å². The quantitative estimate of drug-likeness (QED) is 0.837. The summed E-state index contributed by atoms with van der Waals surface area (Å²) in [6.45, 7) is 2.35. The van der Waals surface area contributed by atoms with Gasteiger partial charge in [0.1, 0.15) is 23.9 Å². The van der Waals surface area contributed by atoms with E-state index in [-0.39, 0.29) is 10.8 Å². The molecule has 0 saturated carbocycles. The van der Waals surface area contributed by atoms with Crippen molar-refractivity contribution < 1.29 is 14.2 Å². The molecule has 1 N–H and O–H groups in total. The molecule has 1 heterocycles. The van der Waals surface area contributed by atoms with Crippen LogP contribution in [0.25, 0.3) is 11.1 Å². The molecule has 2 aromatic rings. The van der Waals surface area contributed by atoms with E-state index in [0.717, 1.165) is 28.0 Å². The first-order valence-electron chi connectivity index (χ1n) is 6.17. The molecule has 0 radical (unpaired) electrons. The normalized spacial score (nSPS) is 13.9. The van der Waals surface area contributed by atoms with Crippen LogP contribution in [0.15, 0.2) is 36.4 Å². The van der Waals surface area contributed by atoms with E-state index in [1.54, 1.807) is 30.3 Å². The van der Waals surface area contributed by atoms with E-state index in [1.165, 1.54) is 6.07 Å². The molecule has 0 unspecified atom stereocenters. The van der Waals surface area contributed by atoms with E-state index >= 15 is 0 Å². The van der Waals surface area contributed by atoms with Crippen molar-refractivity contribution in [3.63, 3.8) is 0 Å². The molecule has 1 aliphatic heterocycles. The molecule has 1 aliphatic rings. The first kappa shape index (κ1) is 13.0. The number of ether oxygens (including phenoxy) is 1. The summed E-state index contributed by atoms with van der Waals surface area (Å²) in [6.07, 6.45) is 0. The van der Waals surface area contributed by atoms with Crippen LogP contribution < -0.4 is 4.74 Å². The summed E-state index contributed by atoms with van der Waals surface area (Å²) in [5.74, 6) is 0.478. The fourth-order valence-corrected chi connectivity index (χ4v) is 2.52. The highest BCUT2D eigenvalue weighted by molar-refractivity contribution is 6.31. The summed E-state index contributed by atoms with van der Waals surface area (Å²) in [6, 6.07) is 9.60. The summed E-state index contributed by atoms with van der Waals surface area (Å²) in [5.41, 5.74) is 3.59.